The number of aliphatic hydroxyl groups excluding tert-OH is 1. The molecular weight excluding hydrogens is 430 g/mol. The third-order valence-corrected chi connectivity index (χ3v) is 6.77. The fourth-order valence-electron chi connectivity index (χ4n) is 4.75. The van der Waals surface area contributed by atoms with Crippen LogP contribution in [0.3, 0.4) is 0 Å². The van der Waals surface area contributed by atoms with Crippen LogP contribution >= 0.6 is 0 Å². The van der Waals surface area contributed by atoms with Crippen molar-refractivity contribution in [3.63, 3.8) is 0 Å². The number of aryl methyl sites for hydroxylation is 1. The van der Waals surface area contributed by atoms with Crippen LogP contribution in [0.1, 0.15) is 82.2 Å². The maximum Gasteiger partial charge on any atom is 0.114 e. The summed E-state index contributed by atoms with van der Waals surface area (Å²) in [5.74, 6) is 6.41. The van der Waals surface area contributed by atoms with Gasteiger partial charge in [-0.05, 0) is 63.6 Å². The Bertz CT molecular complexity index is 986. The number of aromatic nitrogens is 3. The molecule has 0 spiro atoms. The van der Waals surface area contributed by atoms with Gasteiger partial charge in [-0.3, -0.25) is 0 Å². The lowest BCUT2D eigenvalue weighted by Crippen LogP contribution is -2.51. The van der Waals surface area contributed by atoms with E-state index in [0.29, 0.717) is 5.69 Å². The molecule has 2 fully saturated rings. The van der Waals surface area contributed by atoms with Gasteiger partial charge in [0.1, 0.15) is 11.3 Å². The van der Waals surface area contributed by atoms with E-state index in [0.717, 1.165) is 50.5 Å². The van der Waals surface area contributed by atoms with Crippen LogP contribution in [0, 0.1) is 11.8 Å². The molecule has 7 nitrogen and oxygen atoms in total. The van der Waals surface area contributed by atoms with Gasteiger partial charge in [-0.25, -0.2) is 4.68 Å². The number of hydrogen-bond acceptors (Lipinski definition) is 6. The Balaban J connectivity index is 1.48. The Labute approximate surface area is 202 Å². The van der Waals surface area contributed by atoms with Gasteiger partial charge in [0.15, 0.2) is 0 Å². The van der Waals surface area contributed by atoms with Crippen LogP contribution in [0.5, 0.6) is 0 Å². The minimum atomic E-state index is -1.06. The molecule has 1 aromatic heterocycles. The number of ether oxygens (including phenoxy) is 2. The van der Waals surface area contributed by atoms with E-state index in [1.807, 2.05) is 10.9 Å². The summed E-state index contributed by atoms with van der Waals surface area (Å²) in [5, 5.41) is 28.5. The van der Waals surface area contributed by atoms with Crippen LogP contribution in [0.25, 0.3) is 0 Å². The predicted octanol–water partition coefficient (Wildman–Crippen LogP) is 3.53. The van der Waals surface area contributed by atoms with Gasteiger partial charge < -0.3 is 19.7 Å². The van der Waals surface area contributed by atoms with Gasteiger partial charge in [-0.15, -0.1) is 5.10 Å². The summed E-state index contributed by atoms with van der Waals surface area (Å²) < 4.78 is 14.5. The smallest absolute Gasteiger partial charge is 0.114 e. The number of rotatable bonds is 7. The summed E-state index contributed by atoms with van der Waals surface area (Å²) in [6.45, 7) is 5.58. The summed E-state index contributed by atoms with van der Waals surface area (Å²) in [6.07, 6.45) is 7.74. The number of nitrogens with zero attached hydrogens (tertiary/aromatic N) is 3. The molecule has 2 aliphatic rings. The molecule has 0 saturated carbocycles. The third-order valence-electron chi connectivity index (χ3n) is 6.77. The molecular formula is C27H37N3O4. The molecule has 5 atom stereocenters. The van der Waals surface area contributed by atoms with Crippen molar-refractivity contribution in [1.29, 1.82) is 0 Å². The third kappa shape index (κ3) is 6.05. The van der Waals surface area contributed by atoms with E-state index in [-0.39, 0.29) is 37.1 Å². The zero-order chi connectivity index (χ0) is 24.1. The topological polar surface area (TPSA) is 89.6 Å². The van der Waals surface area contributed by atoms with Crippen LogP contribution < -0.4 is 0 Å². The summed E-state index contributed by atoms with van der Waals surface area (Å²) in [5.41, 5.74) is 1.77. The zero-order valence-electron chi connectivity index (χ0n) is 20.5. The predicted molar refractivity (Wildman–Crippen MR) is 129 cm³/mol. The minimum absolute atomic E-state index is 0.0255. The highest BCUT2D eigenvalue weighted by atomic mass is 16.6. The van der Waals surface area contributed by atoms with Crippen LogP contribution in [0.15, 0.2) is 30.5 Å². The fourth-order valence-corrected chi connectivity index (χ4v) is 4.75. The van der Waals surface area contributed by atoms with E-state index < -0.39 is 5.60 Å². The SMILES string of the molecule is CCCC#Cc1ccc(CC[C@H]2O[C@H]3CC[C@H](CO)O[C@H]3C[C@@H]2n2cc(C(C)(C)O)nn2)cc1. The van der Waals surface area contributed by atoms with Gasteiger partial charge in [-0.1, -0.05) is 36.1 Å². The number of benzene rings is 1. The largest absolute Gasteiger partial charge is 0.394 e. The molecule has 184 valence electrons. The van der Waals surface area contributed by atoms with Crippen LogP contribution in [0.2, 0.25) is 0 Å². The van der Waals surface area contributed by atoms with Crippen molar-refractivity contribution in [3.8, 4) is 11.8 Å². The van der Waals surface area contributed by atoms with Crippen molar-refractivity contribution in [2.75, 3.05) is 6.61 Å². The minimum Gasteiger partial charge on any atom is -0.394 e. The van der Waals surface area contributed by atoms with Crippen molar-refractivity contribution in [2.45, 2.75) is 102 Å². The standard InChI is InChI=1S/C27H37N3O4/c1-4-5-6-7-19-8-10-20(11-9-19)12-14-23-22(30-17-26(28-29-30)27(2,3)32)16-25-24(34-23)15-13-21(18-31)33-25/h8-11,17,21-25,31-32H,4-5,12-16,18H2,1-3H3/t21-,22+,23-,24+,25+/m1/s1. The lowest BCUT2D eigenvalue weighted by atomic mass is 9.88. The molecule has 0 radical (unpaired) electrons. The second-order valence-electron chi connectivity index (χ2n) is 10.0. The van der Waals surface area contributed by atoms with E-state index in [1.165, 1.54) is 5.56 Å². The van der Waals surface area contributed by atoms with Gasteiger partial charge in [0.25, 0.3) is 0 Å². The summed E-state index contributed by atoms with van der Waals surface area (Å²) in [4.78, 5) is 0. The number of unbranched alkanes of at least 4 members (excludes halogenated alkanes) is 1. The molecule has 2 aromatic rings. The number of hydrogen-bond donors (Lipinski definition) is 2. The average molecular weight is 468 g/mol. The lowest BCUT2D eigenvalue weighted by Gasteiger charge is -2.45. The maximum atomic E-state index is 10.4. The van der Waals surface area contributed by atoms with E-state index in [1.54, 1.807) is 13.8 Å². The van der Waals surface area contributed by atoms with Crippen molar-refractivity contribution >= 4 is 0 Å². The van der Waals surface area contributed by atoms with Gasteiger partial charge >= 0.3 is 0 Å². The zero-order valence-corrected chi connectivity index (χ0v) is 20.5. The molecule has 3 heterocycles. The maximum absolute atomic E-state index is 10.4. The molecule has 0 bridgehead atoms. The van der Waals surface area contributed by atoms with Crippen LogP contribution in [-0.2, 0) is 21.5 Å². The van der Waals surface area contributed by atoms with Crippen molar-refractivity contribution in [2.24, 2.45) is 0 Å². The quantitative estimate of drug-likeness (QED) is 0.606. The summed E-state index contributed by atoms with van der Waals surface area (Å²) in [7, 11) is 0. The summed E-state index contributed by atoms with van der Waals surface area (Å²) >= 11 is 0. The van der Waals surface area contributed by atoms with Gasteiger partial charge in [0, 0.05) is 18.4 Å². The van der Waals surface area contributed by atoms with E-state index in [4.69, 9.17) is 9.47 Å². The molecule has 0 aliphatic carbocycles. The molecule has 2 aliphatic heterocycles. The van der Waals surface area contributed by atoms with Crippen molar-refractivity contribution < 1.29 is 19.7 Å². The second kappa shape index (κ2) is 11.0. The van der Waals surface area contributed by atoms with Crippen LogP contribution in [-0.4, -0.2) is 56.2 Å². The molecule has 7 heteroatoms. The van der Waals surface area contributed by atoms with E-state index in [9.17, 15) is 10.2 Å². The van der Waals surface area contributed by atoms with Gasteiger partial charge in [0.2, 0.25) is 0 Å². The first kappa shape index (κ1) is 24.9. The fraction of sp³-hybridized carbons (Fsp3) is 0.630. The highest BCUT2D eigenvalue weighted by molar-refractivity contribution is 5.36. The molecule has 1 aromatic carbocycles. The van der Waals surface area contributed by atoms with E-state index in [2.05, 4.69) is 53.3 Å². The lowest BCUT2D eigenvalue weighted by molar-refractivity contribution is -0.209. The molecule has 34 heavy (non-hydrogen) atoms. The number of aliphatic hydroxyl groups is 2. The van der Waals surface area contributed by atoms with Crippen LogP contribution in [0.4, 0.5) is 0 Å². The average Bonchev–Trinajstić information content (AvgIpc) is 3.34. The molecule has 0 amide bonds. The highest BCUT2D eigenvalue weighted by Crippen LogP contribution is 2.38. The first-order valence-electron chi connectivity index (χ1n) is 12.5. The Hall–Kier alpha value is -2.24. The van der Waals surface area contributed by atoms with Crippen molar-refractivity contribution in [3.05, 3.63) is 47.3 Å². The Morgan fingerprint density at radius 1 is 1.15 bits per heavy atom. The van der Waals surface area contributed by atoms with Gasteiger partial charge in [-0.2, -0.15) is 0 Å². The van der Waals surface area contributed by atoms with Gasteiger partial charge in [0.05, 0.1) is 43.3 Å². The monoisotopic (exact) mass is 467 g/mol. The highest BCUT2D eigenvalue weighted by Gasteiger charge is 2.43. The first-order chi connectivity index (χ1) is 16.4. The Kier molecular flexibility index (Phi) is 8.05. The Morgan fingerprint density at radius 3 is 2.62 bits per heavy atom. The second-order valence-corrected chi connectivity index (χ2v) is 10.0. The van der Waals surface area contributed by atoms with Crippen molar-refractivity contribution in [1.82, 2.24) is 15.0 Å². The first-order valence-corrected chi connectivity index (χ1v) is 12.5. The summed E-state index contributed by atoms with van der Waals surface area (Å²) in [6, 6.07) is 8.41. The molecule has 2 N–H and O–H groups in total. The normalized spacial score (nSPS) is 27.0. The molecule has 2 saturated heterocycles. The molecule has 0 unspecified atom stereocenters. The Morgan fingerprint density at radius 2 is 1.94 bits per heavy atom. The van der Waals surface area contributed by atoms with E-state index >= 15 is 0 Å². The number of fused-ring (bicyclic) bond motifs is 1. The molecule has 4 rings (SSSR count).